The summed E-state index contributed by atoms with van der Waals surface area (Å²) in [7, 11) is 0. The lowest BCUT2D eigenvalue weighted by Gasteiger charge is -2.11. The van der Waals surface area contributed by atoms with Gasteiger partial charge >= 0.3 is 12.2 Å². The van der Waals surface area contributed by atoms with E-state index in [9.17, 15) is 22.4 Å². The van der Waals surface area contributed by atoms with Crippen molar-refractivity contribution in [3.8, 4) is 0 Å². The lowest BCUT2D eigenvalue weighted by molar-refractivity contribution is -0.137. The summed E-state index contributed by atoms with van der Waals surface area (Å²) in [5.41, 5.74) is 0.326. The molecule has 3 nitrogen and oxygen atoms in total. The van der Waals surface area contributed by atoms with Crippen LogP contribution in [0.2, 0.25) is 0 Å². The van der Waals surface area contributed by atoms with E-state index in [1.165, 1.54) is 12.1 Å². The SMILES string of the molecule is Cc1ccc(F)cc1NC(=O)Nc1ccc(C(F)(F)F)cc1. The van der Waals surface area contributed by atoms with Crippen molar-refractivity contribution < 1.29 is 22.4 Å². The summed E-state index contributed by atoms with van der Waals surface area (Å²) in [5.74, 6) is -0.504. The van der Waals surface area contributed by atoms with Crippen molar-refractivity contribution in [1.82, 2.24) is 0 Å². The Bertz CT molecular complexity index is 681. The van der Waals surface area contributed by atoms with E-state index in [0.29, 0.717) is 5.56 Å². The quantitative estimate of drug-likeness (QED) is 0.769. The number of hydrogen-bond donors (Lipinski definition) is 2. The van der Waals surface area contributed by atoms with Gasteiger partial charge < -0.3 is 10.6 Å². The third-order valence-corrected chi connectivity index (χ3v) is 2.92. The summed E-state index contributed by atoms with van der Waals surface area (Å²) in [5, 5.41) is 4.81. The predicted molar refractivity (Wildman–Crippen MR) is 75.2 cm³/mol. The monoisotopic (exact) mass is 312 g/mol. The van der Waals surface area contributed by atoms with E-state index in [4.69, 9.17) is 0 Å². The number of carbonyl (C=O) groups excluding carboxylic acids is 1. The van der Waals surface area contributed by atoms with Gasteiger partial charge in [-0.15, -0.1) is 0 Å². The first-order chi connectivity index (χ1) is 10.3. The Labute approximate surface area is 124 Å². The van der Waals surface area contributed by atoms with E-state index >= 15 is 0 Å². The minimum atomic E-state index is -4.43. The highest BCUT2D eigenvalue weighted by Gasteiger charge is 2.29. The molecule has 0 aliphatic rings. The Balaban J connectivity index is 2.04. The van der Waals surface area contributed by atoms with Crippen LogP contribution in [0.4, 0.5) is 33.7 Å². The van der Waals surface area contributed by atoms with Crippen molar-refractivity contribution in [2.45, 2.75) is 13.1 Å². The van der Waals surface area contributed by atoms with Gasteiger partial charge in [0.25, 0.3) is 0 Å². The van der Waals surface area contributed by atoms with Gasteiger partial charge in [-0.3, -0.25) is 0 Å². The molecule has 0 aliphatic heterocycles. The van der Waals surface area contributed by atoms with Crippen molar-refractivity contribution >= 4 is 17.4 Å². The molecular formula is C15H12F4N2O. The molecule has 2 aromatic rings. The lowest BCUT2D eigenvalue weighted by Crippen LogP contribution is -2.20. The summed E-state index contributed by atoms with van der Waals surface area (Å²) >= 11 is 0. The van der Waals surface area contributed by atoms with Crippen molar-refractivity contribution in [2.75, 3.05) is 10.6 Å². The summed E-state index contributed by atoms with van der Waals surface area (Å²) in [6, 6.07) is 7.25. The third-order valence-electron chi connectivity index (χ3n) is 2.92. The van der Waals surface area contributed by atoms with Crippen LogP contribution in [0.25, 0.3) is 0 Å². The van der Waals surface area contributed by atoms with Crippen molar-refractivity contribution in [3.05, 3.63) is 59.4 Å². The zero-order chi connectivity index (χ0) is 16.3. The van der Waals surface area contributed by atoms with Crippen LogP contribution in [0.5, 0.6) is 0 Å². The third kappa shape index (κ3) is 3.97. The largest absolute Gasteiger partial charge is 0.416 e. The number of amides is 2. The Morgan fingerprint density at radius 1 is 1.00 bits per heavy atom. The van der Waals surface area contributed by atoms with Gasteiger partial charge in [0.05, 0.1) is 5.56 Å². The fourth-order valence-electron chi connectivity index (χ4n) is 1.76. The molecule has 0 atom stereocenters. The molecule has 0 aromatic heterocycles. The van der Waals surface area contributed by atoms with Gasteiger partial charge in [0.2, 0.25) is 0 Å². The summed E-state index contributed by atoms with van der Waals surface area (Å²) in [6.07, 6.45) is -4.43. The highest BCUT2D eigenvalue weighted by atomic mass is 19.4. The fourth-order valence-corrected chi connectivity index (χ4v) is 1.76. The highest BCUT2D eigenvalue weighted by molar-refractivity contribution is 6.00. The molecular weight excluding hydrogens is 300 g/mol. The first-order valence-electron chi connectivity index (χ1n) is 6.27. The summed E-state index contributed by atoms with van der Waals surface area (Å²) in [4.78, 5) is 11.8. The first-order valence-corrected chi connectivity index (χ1v) is 6.27. The molecule has 2 aromatic carbocycles. The lowest BCUT2D eigenvalue weighted by atomic mass is 10.2. The van der Waals surface area contributed by atoms with E-state index in [0.717, 1.165) is 30.3 Å². The molecule has 0 heterocycles. The molecule has 2 rings (SSSR count). The van der Waals surface area contributed by atoms with Crippen LogP contribution in [-0.4, -0.2) is 6.03 Å². The van der Waals surface area contributed by atoms with Crippen LogP contribution in [0.3, 0.4) is 0 Å². The molecule has 0 fully saturated rings. The molecule has 7 heteroatoms. The topological polar surface area (TPSA) is 41.1 Å². The molecule has 2 amide bonds. The van der Waals surface area contributed by atoms with E-state index < -0.39 is 23.6 Å². The molecule has 0 spiro atoms. The highest BCUT2D eigenvalue weighted by Crippen LogP contribution is 2.29. The van der Waals surface area contributed by atoms with Crippen LogP contribution in [-0.2, 0) is 6.18 Å². The van der Waals surface area contributed by atoms with Gasteiger partial charge in [-0.05, 0) is 48.9 Å². The Morgan fingerprint density at radius 3 is 2.23 bits per heavy atom. The van der Waals surface area contributed by atoms with E-state index in [-0.39, 0.29) is 11.4 Å². The van der Waals surface area contributed by atoms with Crippen molar-refractivity contribution in [3.63, 3.8) is 0 Å². The molecule has 0 unspecified atom stereocenters. The van der Waals surface area contributed by atoms with Crippen molar-refractivity contribution in [2.24, 2.45) is 0 Å². The van der Waals surface area contributed by atoms with E-state index in [1.807, 2.05) is 0 Å². The second-order valence-electron chi connectivity index (χ2n) is 4.61. The first kappa shape index (κ1) is 15.8. The molecule has 0 aliphatic carbocycles. The number of benzene rings is 2. The maximum atomic E-state index is 13.1. The maximum Gasteiger partial charge on any atom is 0.416 e. The molecule has 0 radical (unpaired) electrons. The van der Waals surface area contributed by atoms with E-state index in [2.05, 4.69) is 10.6 Å². The Hall–Kier alpha value is -2.57. The van der Waals surface area contributed by atoms with Crippen LogP contribution in [0, 0.1) is 12.7 Å². The molecule has 0 saturated carbocycles. The number of alkyl halides is 3. The van der Waals surface area contributed by atoms with Gasteiger partial charge in [0, 0.05) is 11.4 Å². The number of aryl methyl sites for hydroxylation is 1. The Morgan fingerprint density at radius 2 is 1.64 bits per heavy atom. The number of halogens is 4. The minimum Gasteiger partial charge on any atom is -0.308 e. The van der Waals surface area contributed by atoms with Gasteiger partial charge in [-0.25, -0.2) is 9.18 Å². The number of hydrogen-bond acceptors (Lipinski definition) is 1. The smallest absolute Gasteiger partial charge is 0.308 e. The number of nitrogens with one attached hydrogen (secondary N) is 2. The van der Waals surface area contributed by atoms with Crippen LogP contribution in [0.1, 0.15) is 11.1 Å². The fraction of sp³-hybridized carbons (Fsp3) is 0.133. The molecule has 116 valence electrons. The van der Waals surface area contributed by atoms with Gasteiger partial charge in [-0.2, -0.15) is 13.2 Å². The number of urea groups is 1. The standard InChI is InChI=1S/C15H12F4N2O/c1-9-2-5-11(16)8-13(9)21-14(22)20-12-6-3-10(4-7-12)15(17,18)19/h2-8H,1H3,(H2,20,21,22). The van der Waals surface area contributed by atoms with Crippen LogP contribution in [0.15, 0.2) is 42.5 Å². The predicted octanol–water partition coefficient (Wildman–Crippen LogP) is 4.80. The molecule has 2 N–H and O–H groups in total. The average Bonchev–Trinajstić information content (AvgIpc) is 2.42. The minimum absolute atomic E-state index is 0.194. The van der Waals surface area contributed by atoms with Gasteiger partial charge in [0.1, 0.15) is 5.82 Å². The number of carbonyl (C=O) groups is 1. The number of anilines is 2. The second kappa shape index (κ2) is 6.05. The molecule has 0 saturated heterocycles. The Kier molecular flexibility index (Phi) is 4.35. The zero-order valence-corrected chi connectivity index (χ0v) is 11.5. The maximum absolute atomic E-state index is 13.1. The van der Waals surface area contributed by atoms with Crippen LogP contribution >= 0.6 is 0 Å². The summed E-state index contributed by atoms with van der Waals surface area (Å²) in [6.45, 7) is 1.69. The van der Waals surface area contributed by atoms with E-state index in [1.54, 1.807) is 6.92 Å². The zero-order valence-electron chi connectivity index (χ0n) is 11.5. The average molecular weight is 312 g/mol. The van der Waals surface area contributed by atoms with Crippen LogP contribution < -0.4 is 10.6 Å². The normalized spacial score (nSPS) is 11.1. The second-order valence-corrected chi connectivity index (χ2v) is 4.61. The van der Waals surface area contributed by atoms with Gasteiger partial charge in [-0.1, -0.05) is 6.07 Å². The molecule has 22 heavy (non-hydrogen) atoms. The van der Waals surface area contributed by atoms with Crippen molar-refractivity contribution in [1.29, 1.82) is 0 Å². The molecule has 0 bridgehead atoms. The number of rotatable bonds is 2. The summed E-state index contributed by atoms with van der Waals surface area (Å²) < 4.78 is 50.4. The van der Waals surface area contributed by atoms with Gasteiger partial charge in [0.15, 0.2) is 0 Å².